The van der Waals surface area contributed by atoms with Crippen molar-refractivity contribution in [2.24, 2.45) is 0 Å². The summed E-state index contributed by atoms with van der Waals surface area (Å²) < 4.78 is 25.4. The number of hydrogen-bond acceptors (Lipinski definition) is 6. The van der Waals surface area contributed by atoms with E-state index in [9.17, 15) is 23.6 Å². The number of amides is 4. The number of rotatable bonds is 8. The zero-order chi connectivity index (χ0) is 27.4. The van der Waals surface area contributed by atoms with Crippen molar-refractivity contribution in [1.82, 2.24) is 5.32 Å². The van der Waals surface area contributed by atoms with Crippen LogP contribution in [0.25, 0.3) is 6.08 Å². The van der Waals surface area contributed by atoms with E-state index in [0.29, 0.717) is 28.1 Å². The molecule has 3 aromatic carbocycles. The predicted molar refractivity (Wildman–Crippen MR) is 138 cm³/mol. The van der Waals surface area contributed by atoms with Crippen LogP contribution >= 0.6 is 15.9 Å². The Morgan fingerprint density at radius 3 is 2.32 bits per heavy atom. The third-order valence-electron chi connectivity index (χ3n) is 5.44. The number of urea groups is 1. The molecule has 0 spiro atoms. The summed E-state index contributed by atoms with van der Waals surface area (Å²) in [5, 5.41) is 11.2. The summed E-state index contributed by atoms with van der Waals surface area (Å²) in [5.41, 5.74) is 1.07. The number of nitrogens with zero attached hydrogens (tertiary/aromatic N) is 1. The number of carboxylic acids is 1. The van der Waals surface area contributed by atoms with E-state index in [1.807, 2.05) is 0 Å². The molecule has 0 aromatic heterocycles. The first-order valence-corrected chi connectivity index (χ1v) is 12.1. The van der Waals surface area contributed by atoms with Gasteiger partial charge < -0.3 is 14.6 Å². The molecular weight excluding hydrogens is 563 g/mol. The average Bonchev–Trinajstić information content (AvgIpc) is 2.88. The molecule has 0 bridgehead atoms. The summed E-state index contributed by atoms with van der Waals surface area (Å²) in [6, 6.07) is 13.2. The standard InChI is InChI=1S/C27H20BrFN2O7/c1-2-37-22-12-17(21(28)13-23(22)38-14-15-3-5-16(6-4-15)26(34)35)11-20-24(32)30-27(36)31(25(20)33)19-9-7-18(29)8-10-19/h3-13H,2,14H2,1H3,(H,34,35)(H,30,32,36)/b20-11+. The highest BCUT2D eigenvalue weighted by Gasteiger charge is 2.37. The molecule has 1 fully saturated rings. The second-order valence-corrected chi connectivity index (χ2v) is 8.83. The molecule has 1 aliphatic rings. The van der Waals surface area contributed by atoms with Crippen LogP contribution in [0.1, 0.15) is 28.4 Å². The van der Waals surface area contributed by atoms with Crippen molar-refractivity contribution in [3.63, 3.8) is 0 Å². The van der Waals surface area contributed by atoms with Crippen LogP contribution in [-0.2, 0) is 16.2 Å². The number of ether oxygens (including phenoxy) is 2. The van der Waals surface area contributed by atoms with Crippen molar-refractivity contribution >= 4 is 51.5 Å². The third-order valence-corrected chi connectivity index (χ3v) is 6.13. The zero-order valence-corrected chi connectivity index (χ0v) is 21.5. The number of imide groups is 2. The Morgan fingerprint density at radius 1 is 1.03 bits per heavy atom. The van der Waals surface area contributed by atoms with Crippen LogP contribution < -0.4 is 19.7 Å². The quantitative estimate of drug-likeness (QED) is 0.285. The molecule has 38 heavy (non-hydrogen) atoms. The second kappa shape index (κ2) is 11.3. The molecule has 194 valence electrons. The zero-order valence-electron chi connectivity index (χ0n) is 19.9. The summed E-state index contributed by atoms with van der Waals surface area (Å²) >= 11 is 3.42. The molecule has 0 radical (unpaired) electrons. The lowest BCUT2D eigenvalue weighted by Gasteiger charge is -2.26. The van der Waals surface area contributed by atoms with Gasteiger partial charge in [0.1, 0.15) is 18.0 Å². The van der Waals surface area contributed by atoms with Crippen LogP contribution in [0.4, 0.5) is 14.9 Å². The number of benzene rings is 3. The summed E-state index contributed by atoms with van der Waals surface area (Å²) in [6.07, 6.45) is 1.31. The Labute approximate surface area is 224 Å². The Hall–Kier alpha value is -4.51. The van der Waals surface area contributed by atoms with Crippen LogP contribution in [0.2, 0.25) is 0 Å². The van der Waals surface area contributed by atoms with E-state index in [4.69, 9.17) is 14.6 Å². The first-order chi connectivity index (χ1) is 18.2. The summed E-state index contributed by atoms with van der Waals surface area (Å²) in [6.45, 7) is 2.20. The van der Waals surface area contributed by atoms with E-state index in [-0.39, 0.29) is 23.4 Å². The smallest absolute Gasteiger partial charge is 0.335 e. The van der Waals surface area contributed by atoms with Crippen LogP contribution in [0.15, 0.2) is 70.7 Å². The Morgan fingerprint density at radius 2 is 1.68 bits per heavy atom. The van der Waals surface area contributed by atoms with Crippen LogP contribution in [-0.4, -0.2) is 35.5 Å². The van der Waals surface area contributed by atoms with Crippen LogP contribution in [0.3, 0.4) is 0 Å². The minimum atomic E-state index is -1.03. The fraction of sp³-hybridized carbons (Fsp3) is 0.111. The molecule has 9 nitrogen and oxygen atoms in total. The fourth-order valence-electron chi connectivity index (χ4n) is 3.58. The van der Waals surface area contributed by atoms with Gasteiger partial charge in [-0.2, -0.15) is 0 Å². The highest BCUT2D eigenvalue weighted by molar-refractivity contribution is 9.10. The molecule has 3 aromatic rings. The lowest BCUT2D eigenvalue weighted by Crippen LogP contribution is -2.54. The number of barbiturate groups is 1. The van der Waals surface area contributed by atoms with E-state index >= 15 is 0 Å². The van der Waals surface area contributed by atoms with Gasteiger partial charge in [-0.25, -0.2) is 18.9 Å². The molecule has 0 unspecified atom stereocenters. The Bertz CT molecular complexity index is 1450. The van der Waals surface area contributed by atoms with Gasteiger partial charge in [-0.05, 0) is 72.7 Å². The van der Waals surface area contributed by atoms with E-state index in [1.165, 1.54) is 30.3 Å². The lowest BCUT2D eigenvalue weighted by atomic mass is 10.1. The maximum absolute atomic E-state index is 13.3. The highest BCUT2D eigenvalue weighted by atomic mass is 79.9. The molecule has 2 N–H and O–H groups in total. The van der Waals surface area contributed by atoms with Crippen molar-refractivity contribution in [1.29, 1.82) is 0 Å². The predicted octanol–water partition coefficient (Wildman–Crippen LogP) is 4.93. The minimum absolute atomic E-state index is 0.0986. The largest absolute Gasteiger partial charge is 0.490 e. The van der Waals surface area contributed by atoms with Gasteiger partial charge in [-0.3, -0.25) is 14.9 Å². The lowest BCUT2D eigenvalue weighted by molar-refractivity contribution is -0.122. The molecule has 1 aliphatic heterocycles. The van der Waals surface area contributed by atoms with Gasteiger partial charge in [0.05, 0.1) is 17.9 Å². The number of carboxylic acid groups (broad SMARTS) is 1. The van der Waals surface area contributed by atoms with Crippen molar-refractivity contribution in [3.05, 3.63) is 93.2 Å². The maximum Gasteiger partial charge on any atom is 0.335 e. The minimum Gasteiger partial charge on any atom is -0.490 e. The number of hydrogen-bond donors (Lipinski definition) is 2. The van der Waals surface area contributed by atoms with E-state index in [1.54, 1.807) is 31.2 Å². The van der Waals surface area contributed by atoms with Gasteiger partial charge in [-0.1, -0.05) is 28.1 Å². The molecule has 0 aliphatic carbocycles. The maximum atomic E-state index is 13.3. The van der Waals surface area contributed by atoms with Crippen molar-refractivity contribution in [2.75, 3.05) is 11.5 Å². The summed E-state index contributed by atoms with van der Waals surface area (Å²) in [5.74, 6) is -2.63. The van der Waals surface area contributed by atoms with E-state index in [2.05, 4.69) is 21.2 Å². The van der Waals surface area contributed by atoms with Gasteiger partial charge in [-0.15, -0.1) is 0 Å². The Balaban J connectivity index is 1.62. The molecule has 4 rings (SSSR count). The Kier molecular flexibility index (Phi) is 7.87. The second-order valence-electron chi connectivity index (χ2n) is 7.98. The summed E-state index contributed by atoms with van der Waals surface area (Å²) in [4.78, 5) is 49.8. The van der Waals surface area contributed by atoms with Gasteiger partial charge in [0.2, 0.25) is 0 Å². The molecule has 4 amide bonds. The van der Waals surface area contributed by atoms with Crippen molar-refractivity contribution < 1.29 is 38.1 Å². The van der Waals surface area contributed by atoms with E-state index in [0.717, 1.165) is 22.6 Å². The number of halogens is 2. The van der Waals surface area contributed by atoms with Crippen LogP contribution in [0.5, 0.6) is 11.5 Å². The third kappa shape index (κ3) is 5.73. The number of aromatic carboxylic acids is 1. The SMILES string of the molecule is CCOc1cc(/C=C2\C(=O)NC(=O)N(c3ccc(F)cc3)C2=O)c(Br)cc1OCc1ccc(C(=O)O)cc1. The normalized spacial score (nSPS) is 14.4. The topological polar surface area (TPSA) is 122 Å². The highest BCUT2D eigenvalue weighted by Crippen LogP contribution is 2.36. The van der Waals surface area contributed by atoms with E-state index < -0.39 is 29.6 Å². The van der Waals surface area contributed by atoms with Gasteiger partial charge in [0.15, 0.2) is 11.5 Å². The number of nitrogens with one attached hydrogen (secondary N) is 1. The van der Waals surface area contributed by atoms with Crippen molar-refractivity contribution in [2.45, 2.75) is 13.5 Å². The number of anilines is 1. The first-order valence-electron chi connectivity index (χ1n) is 11.3. The molecule has 1 saturated heterocycles. The van der Waals surface area contributed by atoms with Gasteiger partial charge in [0, 0.05) is 4.47 Å². The summed E-state index contributed by atoms with van der Waals surface area (Å²) in [7, 11) is 0. The molecule has 11 heteroatoms. The molecular formula is C27H20BrFN2O7. The molecule has 1 heterocycles. The molecule has 0 atom stereocenters. The first kappa shape index (κ1) is 26.6. The van der Waals surface area contributed by atoms with Gasteiger partial charge in [0.25, 0.3) is 11.8 Å². The number of carbonyl (C=O) groups is 4. The fourth-order valence-corrected chi connectivity index (χ4v) is 4.02. The van der Waals surface area contributed by atoms with Gasteiger partial charge >= 0.3 is 12.0 Å². The average molecular weight is 583 g/mol. The molecule has 0 saturated carbocycles. The monoisotopic (exact) mass is 582 g/mol. The van der Waals surface area contributed by atoms with Crippen molar-refractivity contribution in [3.8, 4) is 11.5 Å². The number of carbonyl (C=O) groups excluding carboxylic acids is 3. The van der Waals surface area contributed by atoms with Crippen LogP contribution in [0, 0.1) is 5.82 Å².